The minimum atomic E-state index is -0.221. The molecule has 0 saturated carbocycles. The number of aromatic nitrogens is 1. The first-order valence-corrected chi connectivity index (χ1v) is 13.3. The number of methoxy groups -OCH3 is 2. The van der Waals surface area contributed by atoms with E-state index in [-0.39, 0.29) is 17.9 Å². The Bertz CT molecular complexity index is 1230. The zero-order valence-corrected chi connectivity index (χ0v) is 22.8. The summed E-state index contributed by atoms with van der Waals surface area (Å²) >= 11 is 0. The summed E-state index contributed by atoms with van der Waals surface area (Å²) < 4.78 is 10.9. The third-order valence-corrected chi connectivity index (χ3v) is 7.58. The number of ether oxygens (including phenoxy) is 2. The Morgan fingerprint density at radius 1 is 1.11 bits per heavy atom. The minimum absolute atomic E-state index is 0.0978. The van der Waals surface area contributed by atoms with E-state index in [0.717, 1.165) is 60.6 Å². The van der Waals surface area contributed by atoms with Gasteiger partial charge in [0.25, 0.3) is 0 Å². The number of aromatic amines is 1. The lowest BCUT2D eigenvalue weighted by molar-refractivity contribution is -0.131. The number of piperidine rings is 1. The van der Waals surface area contributed by atoms with Crippen molar-refractivity contribution in [3.8, 4) is 22.8 Å². The maximum atomic E-state index is 12.7. The molecule has 1 amide bonds. The number of carbonyl (C=O) groups is 1. The second-order valence-corrected chi connectivity index (χ2v) is 10.8. The van der Waals surface area contributed by atoms with Crippen molar-refractivity contribution in [2.45, 2.75) is 46.0 Å². The zero-order valence-electron chi connectivity index (χ0n) is 22.8. The van der Waals surface area contributed by atoms with Gasteiger partial charge in [0.05, 0.1) is 20.8 Å². The van der Waals surface area contributed by atoms with Crippen LogP contribution < -0.4 is 14.8 Å². The number of likely N-dealkylation sites (tertiary alicyclic amines) is 1. The number of aliphatic hydroxyl groups is 1. The highest BCUT2D eigenvalue weighted by atomic mass is 16.5. The molecule has 1 saturated heterocycles. The fourth-order valence-electron chi connectivity index (χ4n) is 5.26. The van der Waals surface area contributed by atoms with Gasteiger partial charge < -0.3 is 29.8 Å². The standard InChI is InChI=1S/C30H41N3O4/c1-6-23-24-15-21(20-11-13-33(14-12-20)28(35)17-31-18-30(2,3)19-34)7-9-25(24)32-29(23)22-8-10-26(36-4)27(16-22)37-5/h7-10,15-16,20,31-32,34H,6,11-14,17-19H2,1-5H3. The van der Waals surface area contributed by atoms with E-state index in [4.69, 9.17) is 9.47 Å². The highest BCUT2D eigenvalue weighted by molar-refractivity contribution is 5.91. The van der Waals surface area contributed by atoms with Gasteiger partial charge in [-0.2, -0.15) is 0 Å². The molecular weight excluding hydrogens is 466 g/mol. The molecule has 1 aromatic heterocycles. The second kappa shape index (κ2) is 11.6. The summed E-state index contributed by atoms with van der Waals surface area (Å²) in [6.45, 7) is 8.75. The molecule has 0 unspecified atom stereocenters. The first-order valence-electron chi connectivity index (χ1n) is 13.3. The Hall–Kier alpha value is -3.03. The summed E-state index contributed by atoms with van der Waals surface area (Å²) in [4.78, 5) is 18.3. The molecule has 0 spiro atoms. The van der Waals surface area contributed by atoms with Crippen molar-refractivity contribution in [1.29, 1.82) is 0 Å². The normalized spacial score (nSPS) is 14.8. The molecule has 2 aromatic carbocycles. The molecule has 3 N–H and O–H groups in total. The third-order valence-electron chi connectivity index (χ3n) is 7.58. The van der Waals surface area contributed by atoms with Gasteiger partial charge in [-0.3, -0.25) is 4.79 Å². The predicted molar refractivity (Wildman–Crippen MR) is 149 cm³/mol. The molecule has 0 radical (unpaired) electrons. The van der Waals surface area contributed by atoms with Gasteiger partial charge in [-0.1, -0.05) is 26.8 Å². The van der Waals surface area contributed by atoms with Crippen LogP contribution in [0.1, 0.15) is 50.7 Å². The number of H-pyrrole nitrogens is 1. The van der Waals surface area contributed by atoms with Crippen molar-refractivity contribution in [1.82, 2.24) is 15.2 Å². The highest BCUT2D eigenvalue weighted by Gasteiger charge is 2.25. The Kier molecular flexibility index (Phi) is 8.45. The lowest BCUT2D eigenvalue weighted by atomic mass is 9.88. The van der Waals surface area contributed by atoms with Crippen LogP contribution in [0, 0.1) is 5.41 Å². The van der Waals surface area contributed by atoms with E-state index in [2.05, 4.69) is 41.5 Å². The van der Waals surface area contributed by atoms with E-state index in [0.29, 0.717) is 19.0 Å². The summed E-state index contributed by atoms with van der Waals surface area (Å²) in [5, 5.41) is 13.9. The fraction of sp³-hybridized carbons (Fsp3) is 0.500. The first kappa shape index (κ1) is 27.0. The average molecular weight is 508 g/mol. The number of benzene rings is 2. The predicted octanol–water partition coefficient (Wildman–Crippen LogP) is 4.73. The van der Waals surface area contributed by atoms with Gasteiger partial charge in [-0.05, 0) is 66.6 Å². The molecule has 3 aromatic rings. The number of fused-ring (bicyclic) bond motifs is 1. The molecule has 0 atom stereocenters. The van der Waals surface area contributed by atoms with E-state index in [1.807, 2.05) is 30.9 Å². The van der Waals surface area contributed by atoms with Crippen LogP contribution in [0.5, 0.6) is 11.5 Å². The van der Waals surface area contributed by atoms with Crippen LogP contribution in [0.4, 0.5) is 0 Å². The van der Waals surface area contributed by atoms with Crippen LogP contribution in [0.15, 0.2) is 36.4 Å². The zero-order chi connectivity index (χ0) is 26.6. The van der Waals surface area contributed by atoms with Crippen LogP contribution in [-0.4, -0.2) is 67.9 Å². The minimum Gasteiger partial charge on any atom is -0.493 e. The molecule has 37 heavy (non-hydrogen) atoms. The number of rotatable bonds is 10. The van der Waals surface area contributed by atoms with Crippen LogP contribution in [-0.2, 0) is 11.2 Å². The Labute approximate surface area is 220 Å². The maximum Gasteiger partial charge on any atom is 0.236 e. The number of carbonyl (C=O) groups excluding carboxylic acids is 1. The van der Waals surface area contributed by atoms with Crippen molar-refractivity contribution in [2.75, 3.05) is 47.0 Å². The van der Waals surface area contributed by atoms with Crippen molar-refractivity contribution in [3.63, 3.8) is 0 Å². The Balaban J connectivity index is 1.46. The van der Waals surface area contributed by atoms with Crippen LogP contribution in [0.2, 0.25) is 0 Å². The lowest BCUT2D eigenvalue weighted by Gasteiger charge is -2.33. The van der Waals surface area contributed by atoms with Crippen molar-refractivity contribution in [3.05, 3.63) is 47.5 Å². The number of nitrogens with zero attached hydrogens (tertiary/aromatic N) is 1. The van der Waals surface area contributed by atoms with Gasteiger partial charge in [0.2, 0.25) is 5.91 Å². The third kappa shape index (κ3) is 5.94. The number of amides is 1. The van der Waals surface area contributed by atoms with Gasteiger partial charge in [-0.15, -0.1) is 0 Å². The molecule has 7 heteroatoms. The maximum absolute atomic E-state index is 12.7. The van der Waals surface area contributed by atoms with Crippen LogP contribution in [0.25, 0.3) is 22.2 Å². The molecule has 1 aliphatic rings. The van der Waals surface area contributed by atoms with Gasteiger partial charge >= 0.3 is 0 Å². The van der Waals surface area contributed by atoms with E-state index < -0.39 is 0 Å². The van der Waals surface area contributed by atoms with Gasteiger partial charge in [0.15, 0.2) is 11.5 Å². The van der Waals surface area contributed by atoms with Gasteiger partial charge in [0, 0.05) is 53.8 Å². The first-order chi connectivity index (χ1) is 17.8. The average Bonchev–Trinajstić information content (AvgIpc) is 3.30. The summed E-state index contributed by atoms with van der Waals surface area (Å²) in [5.41, 5.74) is 5.75. The fourth-order valence-corrected chi connectivity index (χ4v) is 5.26. The summed E-state index contributed by atoms with van der Waals surface area (Å²) in [6, 6.07) is 12.8. The molecule has 1 aliphatic heterocycles. The quantitative estimate of drug-likeness (QED) is 0.369. The summed E-state index contributed by atoms with van der Waals surface area (Å²) in [7, 11) is 3.31. The van der Waals surface area contributed by atoms with Crippen LogP contribution >= 0.6 is 0 Å². The smallest absolute Gasteiger partial charge is 0.236 e. The largest absolute Gasteiger partial charge is 0.493 e. The molecule has 0 aliphatic carbocycles. The number of aliphatic hydroxyl groups excluding tert-OH is 1. The topological polar surface area (TPSA) is 86.8 Å². The summed E-state index contributed by atoms with van der Waals surface area (Å²) in [5.74, 6) is 2.02. The van der Waals surface area contributed by atoms with Crippen molar-refractivity contribution in [2.24, 2.45) is 5.41 Å². The van der Waals surface area contributed by atoms with Gasteiger partial charge in [-0.25, -0.2) is 0 Å². The molecule has 2 heterocycles. The number of aryl methyl sites for hydroxylation is 1. The SMILES string of the molecule is CCc1c(-c2ccc(OC)c(OC)c2)[nH]c2ccc(C3CCN(C(=O)CNCC(C)(C)CO)CC3)cc12. The van der Waals surface area contributed by atoms with Crippen LogP contribution in [0.3, 0.4) is 0 Å². The van der Waals surface area contributed by atoms with Gasteiger partial charge in [0.1, 0.15) is 0 Å². The molecule has 200 valence electrons. The van der Waals surface area contributed by atoms with E-state index in [1.54, 1.807) is 14.2 Å². The lowest BCUT2D eigenvalue weighted by Crippen LogP contribution is -2.44. The molecule has 0 bridgehead atoms. The monoisotopic (exact) mass is 507 g/mol. The number of hydrogen-bond acceptors (Lipinski definition) is 5. The van der Waals surface area contributed by atoms with E-state index in [1.165, 1.54) is 16.5 Å². The molecule has 4 rings (SSSR count). The molecular formula is C30H41N3O4. The summed E-state index contributed by atoms with van der Waals surface area (Å²) in [6.07, 6.45) is 2.85. The Morgan fingerprint density at radius 3 is 2.49 bits per heavy atom. The highest BCUT2D eigenvalue weighted by Crippen LogP contribution is 2.38. The molecule has 7 nitrogen and oxygen atoms in total. The number of hydrogen-bond donors (Lipinski definition) is 3. The van der Waals surface area contributed by atoms with E-state index >= 15 is 0 Å². The van der Waals surface area contributed by atoms with E-state index in [9.17, 15) is 9.90 Å². The van der Waals surface area contributed by atoms with Crippen molar-refractivity contribution >= 4 is 16.8 Å². The Morgan fingerprint density at radius 2 is 1.84 bits per heavy atom. The van der Waals surface area contributed by atoms with Crippen molar-refractivity contribution < 1.29 is 19.4 Å². The molecule has 1 fully saturated rings. The number of nitrogens with one attached hydrogen (secondary N) is 2. The second-order valence-electron chi connectivity index (χ2n) is 10.8.